The summed E-state index contributed by atoms with van der Waals surface area (Å²) in [4.78, 5) is 0. The molecule has 0 aliphatic rings. The van der Waals surface area contributed by atoms with Crippen LogP contribution in [-0.2, 0) is 0 Å². The van der Waals surface area contributed by atoms with Crippen molar-refractivity contribution in [3.8, 4) is 16.8 Å². The van der Waals surface area contributed by atoms with Crippen molar-refractivity contribution in [3.63, 3.8) is 0 Å². The summed E-state index contributed by atoms with van der Waals surface area (Å²) in [6.45, 7) is 6.47. The minimum Gasteiger partial charge on any atom is -0.240 e. The van der Waals surface area contributed by atoms with Gasteiger partial charge in [0.2, 0.25) is 0 Å². The van der Waals surface area contributed by atoms with Crippen molar-refractivity contribution >= 4 is 0 Å². The summed E-state index contributed by atoms with van der Waals surface area (Å²) in [5.74, 6) is 0.452. The Labute approximate surface area is 126 Å². The number of aromatic nitrogens is 2. The van der Waals surface area contributed by atoms with Gasteiger partial charge in [0, 0.05) is 6.20 Å². The topological polar surface area (TPSA) is 17.8 Å². The van der Waals surface area contributed by atoms with E-state index >= 15 is 0 Å². The van der Waals surface area contributed by atoms with Crippen LogP contribution >= 0.6 is 0 Å². The fraction of sp³-hybridized carbons (Fsp3) is 0.211. The van der Waals surface area contributed by atoms with Crippen molar-refractivity contribution in [3.05, 3.63) is 72.1 Å². The van der Waals surface area contributed by atoms with Crippen LogP contribution in [0.25, 0.3) is 16.8 Å². The molecule has 0 atom stereocenters. The summed E-state index contributed by atoms with van der Waals surface area (Å²) in [7, 11) is 0. The summed E-state index contributed by atoms with van der Waals surface area (Å²) in [5, 5.41) is 4.54. The van der Waals surface area contributed by atoms with E-state index in [0.717, 1.165) is 11.4 Å². The second-order valence-electron chi connectivity index (χ2n) is 5.70. The lowest BCUT2D eigenvalue weighted by molar-refractivity contribution is 0.802. The molecule has 0 aliphatic carbocycles. The zero-order chi connectivity index (χ0) is 14.8. The van der Waals surface area contributed by atoms with Crippen LogP contribution in [0.5, 0.6) is 0 Å². The van der Waals surface area contributed by atoms with Crippen LogP contribution in [0.2, 0.25) is 0 Å². The molecule has 1 heterocycles. The third-order valence-electron chi connectivity index (χ3n) is 3.73. The van der Waals surface area contributed by atoms with Gasteiger partial charge in [-0.25, -0.2) is 4.68 Å². The van der Waals surface area contributed by atoms with Gasteiger partial charge in [-0.15, -0.1) is 0 Å². The molecule has 2 heteroatoms. The molecule has 2 aromatic carbocycles. The van der Waals surface area contributed by atoms with Gasteiger partial charge < -0.3 is 0 Å². The Morgan fingerprint density at radius 2 is 1.67 bits per heavy atom. The van der Waals surface area contributed by atoms with Crippen molar-refractivity contribution in [1.29, 1.82) is 0 Å². The van der Waals surface area contributed by atoms with Gasteiger partial charge in [-0.1, -0.05) is 50.2 Å². The van der Waals surface area contributed by atoms with E-state index in [1.807, 2.05) is 29.9 Å². The predicted molar refractivity (Wildman–Crippen MR) is 87.8 cm³/mol. The van der Waals surface area contributed by atoms with Gasteiger partial charge in [0.25, 0.3) is 0 Å². The van der Waals surface area contributed by atoms with Crippen LogP contribution in [0.4, 0.5) is 0 Å². The predicted octanol–water partition coefficient (Wildman–Crippen LogP) is 4.97. The molecule has 0 saturated carbocycles. The molecular formula is C19H20N2. The minimum atomic E-state index is 0.452. The lowest BCUT2D eigenvalue weighted by Gasteiger charge is -2.15. The van der Waals surface area contributed by atoms with Crippen molar-refractivity contribution in [1.82, 2.24) is 9.78 Å². The van der Waals surface area contributed by atoms with E-state index in [-0.39, 0.29) is 0 Å². The Morgan fingerprint density at radius 3 is 2.29 bits per heavy atom. The average Bonchev–Trinajstić information content (AvgIpc) is 2.94. The quantitative estimate of drug-likeness (QED) is 0.660. The lowest BCUT2D eigenvalue weighted by Crippen LogP contribution is -2.02. The summed E-state index contributed by atoms with van der Waals surface area (Å²) in [6, 6.07) is 19.2. The SMILES string of the molecule is Cc1ccn(-c2ccc(-c3ccccc3)cc2C(C)C)n1. The first-order chi connectivity index (χ1) is 10.1. The highest BCUT2D eigenvalue weighted by Crippen LogP contribution is 2.29. The Hall–Kier alpha value is -2.35. The Morgan fingerprint density at radius 1 is 0.905 bits per heavy atom. The van der Waals surface area contributed by atoms with E-state index in [4.69, 9.17) is 0 Å². The highest BCUT2D eigenvalue weighted by Gasteiger charge is 2.11. The Balaban J connectivity index is 2.11. The molecule has 0 radical (unpaired) electrons. The first-order valence-electron chi connectivity index (χ1n) is 7.37. The van der Waals surface area contributed by atoms with E-state index < -0.39 is 0 Å². The van der Waals surface area contributed by atoms with E-state index in [0.29, 0.717) is 5.92 Å². The normalized spacial score (nSPS) is 11.0. The molecular weight excluding hydrogens is 256 g/mol. The summed E-state index contributed by atoms with van der Waals surface area (Å²) in [5.41, 5.74) is 6.03. The second kappa shape index (κ2) is 5.57. The summed E-state index contributed by atoms with van der Waals surface area (Å²) < 4.78 is 1.97. The largest absolute Gasteiger partial charge is 0.240 e. The molecule has 1 aromatic heterocycles. The number of rotatable bonds is 3. The van der Waals surface area contributed by atoms with Gasteiger partial charge in [0.05, 0.1) is 11.4 Å². The number of hydrogen-bond acceptors (Lipinski definition) is 1. The average molecular weight is 276 g/mol. The zero-order valence-electron chi connectivity index (χ0n) is 12.7. The van der Waals surface area contributed by atoms with Gasteiger partial charge in [0.15, 0.2) is 0 Å². The summed E-state index contributed by atoms with van der Waals surface area (Å²) in [6.07, 6.45) is 2.03. The summed E-state index contributed by atoms with van der Waals surface area (Å²) >= 11 is 0. The Kier molecular flexibility index (Phi) is 3.61. The van der Waals surface area contributed by atoms with Gasteiger partial charge in [-0.2, -0.15) is 5.10 Å². The van der Waals surface area contributed by atoms with Crippen LogP contribution in [0.1, 0.15) is 31.0 Å². The van der Waals surface area contributed by atoms with E-state index in [1.54, 1.807) is 0 Å². The van der Waals surface area contributed by atoms with E-state index in [1.165, 1.54) is 16.7 Å². The molecule has 0 N–H and O–H groups in total. The first-order valence-corrected chi connectivity index (χ1v) is 7.37. The minimum absolute atomic E-state index is 0.452. The van der Waals surface area contributed by atoms with Crippen LogP contribution in [0, 0.1) is 6.92 Å². The number of hydrogen-bond donors (Lipinski definition) is 0. The fourth-order valence-corrected chi connectivity index (χ4v) is 2.58. The van der Waals surface area contributed by atoms with Crippen molar-refractivity contribution in [2.45, 2.75) is 26.7 Å². The molecule has 106 valence electrons. The van der Waals surface area contributed by atoms with Crippen LogP contribution < -0.4 is 0 Å². The number of nitrogens with zero attached hydrogens (tertiary/aromatic N) is 2. The third-order valence-corrected chi connectivity index (χ3v) is 3.73. The van der Waals surface area contributed by atoms with Crippen LogP contribution in [0.15, 0.2) is 60.8 Å². The molecule has 0 unspecified atom stereocenters. The van der Waals surface area contributed by atoms with Gasteiger partial charge in [0.1, 0.15) is 0 Å². The van der Waals surface area contributed by atoms with Gasteiger partial charge in [-0.05, 0) is 47.7 Å². The maximum atomic E-state index is 4.54. The zero-order valence-corrected chi connectivity index (χ0v) is 12.7. The Bertz CT molecular complexity index is 739. The van der Waals surface area contributed by atoms with Crippen LogP contribution in [0.3, 0.4) is 0 Å². The lowest BCUT2D eigenvalue weighted by atomic mass is 9.95. The molecule has 0 bridgehead atoms. The maximum Gasteiger partial charge on any atom is 0.0680 e. The van der Waals surface area contributed by atoms with Crippen LogP contribution in [-0.4, -0.2) is 9.78 Å². The van der Waals surface area contributed by atoms with Gasteiger partial charge >= 0.3 is 0 Å². The highest BCUT2D eigenvalue weighted by molar-refractivity contribution is 5.66. The molecule has 0 fully saturated rings. The van der Waals surface area contributed by atoms with Crippen molar-refractivity contribution < 1.29 is 0 Å². The van der Waals surface area contributed by atoms with Crippen molar-refractivity contribution in [2.24, 2.45) is 0 Å². The van der Waals surface area contributed by atoms with E-state index in [9.17, 15) is 0 Å². The molecule has 0 saturated heterocycles. The van der Waals surface area contributed by atoms with E-state index in [2.05, 4.69) is 61.4 Å². The van der Waals surface area contributed by atoms with Gasteiger partial charge in [-0.3, -0.25) is 0 Å². The molecule has 3 aromatic rings. The molecule has 3 rings (SSSR count). The van der Waals surface area contributed by atoms with Crippen molar-refractivity contribution in [2.75, 3.05) is 0 Å². The highest BCUT2D eigenvalue weighted by atomic mass is 15.3. The second-order valence-corrected chi connectivity index (χ2v) is 5.70. The smallest absolute Gasteiger partial charge is 0.0680 e. The standard InChI is InChI=1S/C19H20N2/c1-14(2)18-13-17(16-7-5-4-6-8-16)9-10-19(18)21-12-11-15(3)20-21/h4-14H,1-3H3. The molecule has 21 heavy (non-hydrogen) atoms. The number of aryl methyl sites for hydroxylation is 1. The monoisotopic (exact) mass is 276 g/mol. The maximum absolute atomic E-state index is 4.54. The number of benzene rings is 2. The molecule has 2 nitrogen and oxygen atoms in total. The molecule has 0 spiro atoms. The molecule has 0 aliphatic heterocycles. The molecule has 0 amide bonds. The third kappa shape index (κ3) is 2.75. The first kappa shape index (κ1) is 13.6. The fourth-order valence-electron chi connectivity index (χ4n) is 2.58.